The Balaban J connectivity index is 1.24. The molecule has 0 spiro atoms. The Labute approximate surface area is 182 Å². The first kappa shape index (κ1) is 21.1. The van der Waals surface area contributed by atoms with E-state index in [4.69, 9.17) is 9.47 Å². The van der Waals surface area contributed by atoms with Gasteiger partial charge in [-0.1, -0.05) is 6.07 Å². The molecule has 162 valence electrons. The molecule has 0 radical (unpaired) electrons. The van der Waals surface area contributed by atoms with Crippen LogP contribution in [0.25, 0.3) is 10.2 Å². The lowest BCUT2D eigenvalue weighted by Gasteiger charge is -2.34. The molecule has 1 amide bonds. The van der Waals surface area contributed by atoms with Crippen LogP contribution in [0.4, 0.5) is 5.82 Å². The Kier molecular flexibility index (Phi) is 6.31. The molecule has 1 N–H and O–H groups in total. The number of rotatable bonds is 9. The lowest BCUT2D eigenvalue weighted by Crippen LogP contribution is -2.41. The summed E-state index contributed by atoms with van der Waals surface area (Å²) in [5.41, 5.74) is 2.72. The fourth-order valence-corrected chi connectivity index (χ4v) is 4.55. The second kappa shape index (κ2) is 8.95. The maximum absolute atomic E-state index is 12.6. The number of aromatic nitrogens is 3. The summed E-state index contributed by atoms with van der Waals surface area (Å²) < 4.78 is 14.6. The maximum atomic E-state index is 12.6. The van der Waals surface area contributed by atoms with Gasteiger partial charge in [0.2, 0.25) is 5.91 Å². The lowest BCUT2D eigenvalue weighted by molar-refractivity contribution is -0.125. The van der Waals surface area contributed by atoms with Gasteiger partial charge in [-0.2, -0.15) is 5.10 Å². The molecule has 4 rings (SSSR count). The second-order valence-corrected chi connectivity index (χ2v) is 13.9. The fourth-order valence-electron chi connectivity index (χ4n) is 3.24. The van der Waals surface area contributed by atoms with Crippen molar-refractivity contribution in [2.45, 2.75) is 25.7 Å². The Bertz CT molecular complexity index is 1010. The smallest absolute Gasteiger partial charge is 0.228 e. The predicted molar refractivity (Wildman–Crippen MR) is 124 cm³/mol. The highest BCUT2D eigenvalue weighted by atomic mass is 32.3. The van der Waals surface area contributed by atoms with E-state index in [1.807, 2.05) is 23.7 Å². The molecule has 30 heavy (non-hydrogen) atoms. The summed E-state index contributed by atoms with van der Waals surface area (Å²) in [4.78, 5) is 17.0. The molecule has 1 aromatic carbocycles. The molecule has 1 saturated carbocycles. The molecule has 2 aromatic heterocycles. The number of anilines is 1. The highest BCUT2D eigenvalue weighted by molar-refractivity contribution is 8.32. The number of hydrogen-bond acceptors (Lipinski definition) is 6. The monoisotopic (exact) mass is 448 g/mol. The van der Waals surface area contributed by atoms with Crippen molar-refractivity contribution >= 4 is 43.3 Å². The van der Waals surface area contributed by atoms with Crippen molar-refractivity contribution in [1.82, 2.24) is 14.8 Å². The fraction of sp³-hybridized carbons (Fsp3) is 0.476. The summed E-state index contributed by atoms with van der Waals surface area (Å²) in [5.74, 6) is 2.46. The number of carbonyl (C=O) groups excluding carboxylic acids is 1. The summed E-state index contributed by atoms with van der Waals surface area (Å²) in [6, 6.07) is 7.75. The molecule has 3 aromatic rings. The molecule has 1 aliphatic rings. The van der Waals surface area contributed by atoms with E-state index in [0.29, 0.717) is 32.0 Å². The first-order valence-corrected chi connectivity index (χ1v) is 13.8. The molecular formula is C21H28N4O3S2. The van der Waals surface area contributed by atoms with E-state index in [-0.39, 0.29) is 17.9 Å². The summed E-state index contributed by atoms with van der Waals surface area (Å²) in [6.07, 6.45) is 9.92. The largest absolute Gasteiger partial charge is 0.488 e. The topological polar surface area (TPSA) is 78.3 Å². The highest BCUT2D eigenvalue weighted by Crippen LogP contribution is 2.35. The number of amides is 1. The van der Waals surface area contributed by atoms with Crippen LogP contribution in [0.5, 0.6) is 5.75 Å². The van der Waals surface area contributed by atoms with Crippen LogP contribution in [-0.2, 0) is 16.3 Å². The van der Waals surface area contributed by atoms with Gasteiger partial charge in [0.1, 0.15) is 29.9 Å². The number of nitrogens with one attached hydrogen (secondary N) is 1. The molecule has 0 saturated heterocycles. The van der Waals surface area contributed by atoms with E-state index in [1.165, 1.54) is 0 Å². The van der Waals surface area contributed by atoms with Crippen LogP contribution in [0.1, 0.15) is 12.8 Å². The van der Waals surface area contributed by atoms with Gasteiger partial charge in [-0.3, -0.25) is 4.79 Å². The number of carbonyl (C=O) groups is 1. The van der Waals surface area contributed by atoms with Gasteiger partial charge in [-0.05, 0) is 43.7 Å². The van der Waals surface area contributed by atoms with Crippen molar-refractivity contribution in [2.75, 3.05) is 36.4 Å². The summed E-state index contributed by atoms with van der Waals surface area (Å²) in [7, 11) is -0.578. The molecular weight excluding hydrogens is 420 g/mol. The van der Waals surface area contributed by atoms with Gasteiger partial charge in [-0.15, -0.1) is 11.3 Å². The van der Waals surface area contributed by atoms with Crippen LogP contribution >= 0.6 is 21.4 Å². The number of thiazole rings is 1. The summed E-state index contributed by atoms with van der Waals surface area (Å²) in [6.45, 7) is 1.03. The number of para-hydroxylation sites is 1. The molecule has 1 aliphatic carbocycles. The zero-order chi connectivity index (χ0) is 21.1. The maximum Gasteiger partial charge on any atom is 0.228 e. The van der Waals surface area contributed by atoms with Crippen molar-refractivity contribution in [3.8, 4) is 5.75 Å². The standard InChI is InChI=1S/C21H28N4O3S2/c1-30(2,3)10-9-27-14-25-19(7-8-23-25)24-21(26)15-11-16(12-15)28-17-5-4-6-18-20(17)22-13-29-18/h4-8,13,15-16H,9-12,14H2,1-3H3,(H,24,26)/t15-,16-. The number of hydrogen-bond donors (Lipinski definition) is 1. The number of benzene rings is 1. The molecule has 1 fully saturated rings. The van der Waals surface area contributed by atoms with Gasteiger partial charge in [0.15, 0.2) is 0 Å². The van der Waals surface area contributed by atoms with Crippen LogP contribution in [0.2, 0.25) is 0 Å². The van der Waals surface area contributed by atoms with E-state index < -0.39 is 10.0 Å². The SMILES string of the molecule is CS(C)(C)CCOCn1nccc1NC(=O)[C@H]1C[C@H](Oc2cccc3scnc23)C1. The second-order valence-electron chi connectivity index (χ2n) is 8.40. The minimum absolute atomic E-state index is 0.00241. The van der Waals surface area contributed by atoms with E-state index >= 15 is 0 Å². The average molecular weight is 449 g/mol. The van der Waals surface area contributed by atoms with Gasteiger partial charge >= 0.3 is 0 Å². The van der Waals surface area contributed by atoms with Crippen LogP contribution in [0.3, 0.4) is 0 Å². The van der Waals surface area contributed by atoms with Crippen LogP contribution in [0, 0.1) is 5.92 Å². The van der Waals surface area contributed by atoms with E-state index in [0.717, 1.165) is 21.7 Å². The summed E-state index contributed by atoms with van der Waals surface area (Å²) >= 11 is 1.60. The number of nitrogens with zero attached hydrogens (tertiary/aromatic N) is 3. The van der Waals surface area contributed by atoms with Gasteiger partial charge in [0.25, 0.3) is 0 Å². The molecule has 9 heteroatoms. The molecule has 0 unspecified atom stereocenters. The average Bonchev–Trinajstić information content (AvgIpc) is 3.30. The van der Waals surface area contributed by atoms with Gasteiger partial charge in [-0.25, -0.2) is 19.7 Å². The molecule has 0 atom stereocenters. The minimum Gasteiger partial charge on any atom is -0.488 e. The third kappa shape index (κ3) is 5.14. The van der Waals surface area contributed by atoms with Gasteiger partial charge in [0, 0.05) is 17.7 Å². The van der Waals surface area contributed by atoms with E-state index in [1.54, 1.807) is 28.3 Å². The Morgan fingerprint density at radius 1 is 1.30 bits per heavy atom. The minimum atomic E-state index is -0.578. The van der Waals surface area contributed by atoms with Gasteiger partial charge < -0.3 is 14.8 Å². The molecule has 0 bridgehead atoms. The van der Waals surface area contributed by atoms with Crippen LogP contribution < -0.4 is 10.1 Å². The first-order chi connectivity index (χ1) is 14.4. The third-order valence-electron chi connectivity index (χ3n) is 5.10. The highest BCUT2D eigenvalue weighted by Gasteiger charge is 2.36. The normalized spacial score (nSPS) is 19.4. The van der Waals surface area contributed by atoms with E-state index in [9.17, 15) is 4.79 Å². The van der Waals surface area contributed by atoms with Crippen molar-refractivity contribution in [3.63, 3.8) is 0 Å². The Hall–Kier alpha value is -2.10. The molecule has 7 nitrogen and oxygen atoms in total. The summed E-state index contributed by atoms with van der Waals surface area (Å²) in [5, 5.41) is 7.23. The van der Waals surface area contributed by atoms with Crippen molar-refractivity contribution < 1.29 is 14.3 Å². The first-order valence-electron chi connectivity index (χ1n) is 9.94. The molecule has 0 aliphatic heterocycles. The zero-order valence-electron chi connectivity index (χ0n) is 17.5. The Morgan fingerprint density at radius 2 is 2.13 bits per heavy atom. The van der Waals surface area contributed by atoms with Crippen LogP contribution in [0.15, 0.2) is 36.0 Å². The Morgan fingerprint density at radius 3 is 2.93 bits per heavy atom. The van der Waals surface area contributed by atoms with Crippen molar-refractivity contribution in [3.05, 3.63) is 36.0 Å². The zero-order valence-corrected chi connectivity index (χ0v) is 19.2. The predicted octanol–water partition coefficient (Wildman–Crippen LogP) is 3.96. The number of fused-ring (bicyclic) bond motifs is 1. The van der Waals surface area contributed by atoms with Gasteiger partial charge in [0.05, 0.1) is 23.0 Å². The van der Waals surface area contributed by atoms with Crippen LogP contribution in [-0.4, -0.2) is 57.9 Å². The van der Waals surface area contributed by atoms with Crippen molar-refractivity contribution in [1.29, 1.82) is 0 Å². The quantitative estimate of drug-likeness (QED) is 0.502. The van der Waals surface area contributed by atoms with E-state index in [2.05, 4.69) is 34.2 Å². The molecule has 2 heterocycles. The lowest BCUT2D eigenvalue weighted by atomic mass is 9.81. The van der Waals surface area contributed by atoms with Crippen molar-refractivity contribution in [2.24, 2.45) is 5.92 Å². The number of ether oxygens (including phenoxy) is 2. The third-order valence-corrected chi connectivity index (χ3v) is 7.29.